The average molecular weight is 250 g/mol. The van der Waals surface area contributed by atoms with Crippen LogP contribution in [-0.2, 0) is 4.79 Å². The van der Waals surface area contributed by atoms with Crippen LogP contribution in [0.25, 0.3) is 0 Å². The molecule has 2 aliphatic carbocycles. The Morgan fingerprint density at radius 2 is 1.72 bits per heavy atom. The van der Waals surface area contributed by atoms with Gasteiger partial charge >= 0.3 is 0 Å². The van der Waals surface area contributed by atoms with Crippen LogP contribution in [0.5, 0.6) is 0 Å². The van der Waals surface area contributed by atoms with Gasteiger partial charge in [-0.15, -0.1) is 0 Å². The highest BCUT2D eigenvalue weighted by atomic mass is 16.2. The number of amides is 1. The van der Waals surface area contributed by atoms with Gasteiger partial charge in [0, 0.05) is 6.54 Å². The molecule has 3 fully saturated rings. The van der Waals surface area contributed by atoms with Crippen LogP contribution in [0, 0.1) is 11.8 Å². The number of nitrogens with zero attached hydrogens (tertiary/aromatic N) is 1. The molecule has 18 heavy (non-hydrogen) atoms. The Kier molecular flexibility index (Phi) is 3.60. The van der Waals surface area contributed by atoms with Crippen molar-refractivity contribution in [2.75, 3.05) is 6.54 Å². The molecule has 1 heterocycles. The fourth-order valence-corrected chi connectivity index (χ4v) is 4.14. The van der Waals surface area contributed by atoms with Gasteiger partial charge in [-0.25, -0.2) is 0 Å². The zero-order valence-electron chi connectivity index (χ0n) is 11.5. The Bertz CT molecular complexity index is 306. The maximum absolute atomic E-state index is 12.3. The summed E-state index contributed by atoms with van der Waals surface area (Å²) < 4.78 is 0. The number of hydrogen-bond donors (Lipinski definition) is 1. The van der Waals surface area contributed by atoms with Gasteiger partial charge in [-0.05, 0) is 44.4 Å². The molecule has 3 aliphatic rings. The van der Waals surface area contributed by atoms with Crippen LogP contribution in [0.1, 0.15) is 58.3 Å². The maximum atomic E-state index is 12.3. The Morgan fingerprint density at radius 1 is 1.11 bits per heavy atom. The van der Waals surface area contributed by atoms with Crippen LogP contribution in [0.2, 0.25) is 0 Å². The predicted molar refractivity (Wildman–Crippen MR) is 72.0 cm³/mol. The highest BCUT2D eigenvalue weighted by molar-refractivity contribution is 5.84. The van der Waals surface area contributed by atoms with Gasteiger partial charge in [0.2, 0.25) is 5.91 Å². The third kappa shape index (κ3) is 2.29. The number of rotatable bonds is 3. The van der Waals surface area contributed by atoms with Crippen LogP contribution >= 0.6 is 0 Å². The summed E-state index contributed by atoms with van der Waals surface area (Å²) in [6, 6.07) is 0.0389. The second-order valence-electron chi connectivity index (χ2n) is 6.52. The average Bonchev–Trinajstić information content (AvgIpc) is 3.07. The topological polar surface area (TPSA) is 32.3 Å². The normalized spacial score (nSPS) is 34.9. The molecule has 0 bridgehead atoms. The van der Waals surface area contributed by atoms with E-state index >= 15 is 0 Å². The first-order chi connectivity index (χ1) is 8.75. The van der Waals surface area contributed by atoms with E-state index in [1.807, 2.05) is 6.92 Å². The minimum atomic E-state index is 0.0389. The minimum absolute atomic E-state index is 0.0389. The van der Waals surface area contributed by atoms with Gasteiger partial charge in [0.1, 0.15) is 0 Å². The number of nitrogens with one attached hydrogen (secondary N) is 1. The molecule has 1 saturated heterocycles. The first-order valence-corrected chi connectivity index (χ1v) is 7.82. The molecule has 1 N–H and O–H groups in total. The predicted octanol–water partition coefficient (Wildman–Crippen LogP) is 2.51. The van der Waals surface area contributed by atoms with Crippen LogP contribution in [-0.4, -0.2) is 29.6 Å². The van der Waals surface area contributed by atoms with E-state index < -0.39 is 0 Å². The van der Waals surface area contributed by atoms with Gasteiger partial charge in [-0.3, -0.25) is 10.1 Å². The molecule has 3 rings (SSSR count). The Morgan fingerprint density at radius 3 is 2.39 bits per heavy atom. The van der Waals surface area contributed by atoms with E-state index in [0.717, 1.165) is 12.5 Å². The second kappa shape index (κ2) is 5.20. The van der Waals surface area contributed by atoms with E-state index in [-0.39, 0.29) is 6.04 Å². The van der Waals surface area contributed by atoms with E-state index in [1.165, 1.54) is 51.4 Å². The Hall–Kier alpha value is -0.570. The van der Waals surface area contributed by atoms with E-state index in [0.29, 0.717) is 18.0 Å². The SMILES string of the molecule is CC1NC(C2CCCC2)N(CC2CCCC2)C1=O. The van der Waals surface area contributed by atoms with Gasteiger partial charge in [0.25, 0.3) is 0 Å². The molecule has 3 nitrogen and oxygen atoms in total. The fraction of sp³-hybridized carbons (Fsp3) is 0.933. The Labute approximate surface area is 110 Å². The van der Waals surface area contributed by atoms with Gasteiger partial charge in [-0.2, -0.15) is 0 Å². The summed E-state index contributed by atoms with van der Waals surface area (Å²) in [4.78, 5) is 14.5. The molecule has 1 amide bonds. The van der Waals surface area contributed by atoms with E-state index in [2.05, 4.69) is 10.2 Å². The van der Waals surface area contributed by atoms with Crippen molar-refractivity contribution in [2.24, 2.45) is 11.8 Å². The number of carbonyl (C=O) groups is 1. The molecule has 2 saturated carbocycles. The molecule has 2 unspecified atom stereocenters. The second-order valence-corrected chi connectivity index (χ2v) is 6.52. The molecule has 0 aromatic heterocycles. The zero-order valence-corrected chi connectivity index (χ0v) is 11.5. The molecule has 0 aromatic carbocycles. The smallest absolute Gasteiger partial charge is 0.240 e. The van der Waals surface area contributed by atoms with Crippen molar-refractivity contribution in [1.29, 1.82) is 0 Å². The van der Waals surface area contributed by atoms with Crippen molar-refractivity contribution >= 4 is 5.91 Å². The minimum Gasteiger partial charge on any atom is -0.325 e. The molecule has 3 heteroatoms. The summed E-state index contributed by atoms with van der Waals surface area (Å²) in [7, 11) is 0. The van der Waals surface area contributed by atoms with Crippen LogP contribution in [0.15, 0.2) is 0 Å². The fourth-order valence-electron chi connectivity index (χ4n) is 4.14. The monoisotopic (exact) mass is 250 g/mol. The molecule has 0 radical (unpaired) electrons. The molecule has 102 valence electrons. The maximum Gasteiger partial charge on any atom is 0.240 e. The van der Waals surface area contributed by atoms with E-state index in [9.17, 15) is 4.79 Å². The quantitative estimate of drug-likeness (QED) is 0.834. The van der Waals surface area contributed by atoms with Gasteiger partial charge < -0.3 is 4.90 Å². The van der Waals surface area contributed by atoms with Crippen LogP contribution in [0.4, 0.5) is 0 Å². The molecule has 0 aromatic rings. The Balaban J connectivity index is 1.68. The summed E-state index contributed by atoms with van der Waals surface area (Å²) in [5, 5.41) is 3.55. The summed E-state index contributed by atoms with van der Waals surface area (Å²) in [6.07, 6.45) is 11.0. The highest BCUT2D eigenvalue weighted by Gasteiger charge is 2.42. The van der Waals surface area contributed by atoms with E-state index in [1.54, 1.807) is 0 Å². The third-order valence-electron chi connectivity index (χ3n) is 5.19. The number of hydrogen-bond acceptors (Lipinski definition) is 2. The summed E-state index contributed by atoms with van der Waals surface area (Å²) in [5.74, 6) is 1.82. The van der Waals surface area contributed by atoms with Crippen molar-refractivity contribution in [2.45, 2.75) is 70.5 Å². The largest absolute Gasteiger partial charge is 0.325 e. The highest BCUT2D eigenvalue weighted by Crippen LogP contribution is 2.34. The van der Waals surface area contributed by atoms with Gasteiger partial charge in [-0.1, -0.05) is 25.7 Å². The van der Waals surface area contributed by atoms with Crippen molar-refractivity contribution in [3.63, 3.8) is 0 Å². The lowest BCUT2D eigenvalue weighted by Gasteiger charge is -2.31. The van der Waals surface area contributed by atoms with Gasteiger partial charge in [0.15, 0.2) is 0 Å². The lowest BCUT2D eigenvalue weighted by atomic mass is 10.0. The van der Waals surface area contributed by atoms with Gasteiger partial charge in [0.05, 0.1) is 12.2 Å². The van der Waals surface area contributed by atoms with Crippen molar-refractivity contribution in [3.8, 4) is 0 Å². The lowest BCUT2D eigenvalue weighted by Crippen LogP contribution is -2.44. The summed E-state index contributed by atoms with van der Waals surface area (Å²) in [5.41, 5.74) is 0. The summed E-state index contributed by atoms with van der Waals surface area (Å²) in [6.45, 7) is 3.04. The first-order valence-electron chi connectivity index (χ1n) is 7.82. The van der Waals surface area contributed by atoms with Crippen LogP contribution < -0.4 is 5.32 Å². The lowest BCUT2D eigenvalue weighted by molar-refractivity contribution is -0.131. The zero-order chi connectivity index (χ0) is 12.5. The molecule has 2 atom stereocenters. The number of carbonyl (C=O) groups excluding carboxylic acids is 1. The molecule has 1 aliphatic heterocycles. The first kappa shape index (κ1) is 12.5. The van der Waals surface area contributed by atoms with Crippen molar-refractivity contribution < 1.29 is 4.79 Å². The van der Waals surface area contributed by atoms with Crippen LogP contribution in [0.3, 0.4) is 0 Å². The standard InChI is InChI=1S/C15H26N2O/c1-11-15(18)17(10-12-6-2-3-7-12)14(16-11)13-8-4-5-9-13/h11-14,16H,2-10H2,1H3. The molecule has 0 spiro atoms. The summed E-state index contributed by atoms with van der Waals surface area (Å²) >= 11 is 0. The molecular formula is C15H26N2O. The van der Waals surface area contributed by atoms with Crippen molar-refractivity contribution in [3.05, 3.63) is 0 Å². The van der Waals surface area contributed by atoms with Crippen molar-refractivity contribution in [1.82, 2.24) is 10.2 Å². The molecular weight excluding hydrogens is 224 g/mol. The van der Waals surface area contributed by atoms with E-state index in [4.69, 9.17) is 0 Å². The third-order valence-corrected chi connectivity index (χ3v) is 5.19.